The number of oxime groups is 1. The zero-order chi connectivity index (χ0) is 13.8. The van der Waals surface area contributed by atoms with Crippen molar-refractivity contribution in [3.05, 3.63) is 35.5 Å². The van der Waals surface area contributed by atoms with Crippen LogP contribution < -0.4 is 10.6 Å². The summed E-state index contributed by atoms with van der Waals surface area (Å²) in [5, 5.41) is 13.2. The van der Waals surface area contributed by atoms with E-state index in [4.69, 9.17) is 22.5 Å². The fourth-order valence-electron chi connectivity index (χ4n) is 1.89. The van der Waals surface area contributed by atoms with Gasteiger partial charge in [-0.25, -0.2) is 0 Å². The summed E-state index contributed by atoms with van der Waals surface area (Å²) >= 11 is 5.96. The van der Waals surface area contributed by atoms with E-state index in [9.17, 15) is 0 Å². The molecule has 19 heavy (non-hydrogen) atoms. The van der Waals surface area contributed by atoms with Crippen LogP contribution in [0.4, 0.5) is 5.69 Å². The predicted octanol–water partition coefficient (Wildman–Crippen LogP) is 2.46. The molecule has 0 bridgehead atoms. The minimum Gasteiger partial charge on any atom is -0.409 e. The van der Waals surface area contributed by atoms with Gasteiger partial charge in [-0.05, 0) is 24.3 Å². The van der Waals surface area contributed by atoms with Gasteiger partial charge in [0.2, 0.25) is 0 Å². The molecule has 0 saturated carbocycles. The number of aromatic nitrogens is 1. The number of hydrogen-bond acceptors (Lipinski definition) is 4. The van der Waals surface area contributed by atoms with Crippen LogP contribution in [0, 0.1) is 0 Å². The highest BCUT2D eigenvalue weighted by Crippen LogP contribution is 2.26. The molecule has 100 valence electrons. The Hall–Kier alpha value is -2.01. The summed E-state index contributed by atoms with van der Waals surface area (Å²) in [5.74, 6) is 0.216. The molecular formula is C13H15ClN4O. The van der Waals surface area contributed by atoms with Crippen molar-refractivity contribution in [3.63, 3.8) is 0 Å². The molecule has 0 aliphatic rings. The van der Waals surface area contributed by atoms with E-state index in [1.54, 1.807) is 6.20 Å². The van der Waals surface area contributed by atoms with Gasteiger partial charge in [-0.2, -0.15) is 0 Å². The number of nitrogens with zero attached hydrogens (tertiary/aromatic N) is 3. The normalized spacial score (nSPS) is 11.8. The third-order valence-electron chi connectivity index (χ3n) is 2.92. The number of nitrogens with two attached hydrogens (primary N) is 1. The fourth-order valence-corrected chi connectivity index (χ4v) is 2.06. The molecule has 0 saturated heterocycles. The summed E-state index contributed by atoms with van der Waals surface area (Å²) in [6, 6.07) is 7.55. The van der Waals surface area contributed by atoms with E-state index in [1.807, 2.05) is 36.2 Å². The van der Waals surface area contributed by atoms with E-state index < -0.39 is 0 Å². The third-order valence-corrected chi connectivity index (χ3v) is 3.16. The Morgan fingerprint density at radius 2 is 2.26 bits per heavy atom. The number of benzene rings is 1. The molecule has 0 aliphatic heterocycles. The first-order valence-corrected chi connectivity index (χ1v) is 6.21. The summed E-state index contributed by atoms with van der Waals surface area (Å²) in [6.45, 7) is 0.650. The maximum Gasteiger partial charge on any atom is 0.140 e. The first-order valence-electron chi connectivity index (χ1n) is 5.83. The third kappa shape index (κ3) is 3.06. The predicted molar refractivity (Wildman–Crippen MR) is 78.0 cm³/mol. The molecule has 0 aliphatic carbocycles. The van der Waals surface area contributed by atoms with E-state index in [2.05, 4.69) is 10.1 Å². The maximum absolute atomic E-state index is 8.54. The van der Waals surface area contributed by atoms with Crippen molar-refractivity contribution in [2.75, 3.05) is 18.5 Å². The maximum atomic E-state index is 8.54. The van der Waals surface area contributed by atoms with Gasteiger partial charge < -0.3 is 15.8 Å². The van der Waals surface area contributed by atoms with Crippen molar-refractivity contribution < 1.29 is 5.21 Å². The van der Waals surface area contributed by atoms with Crippen molar-refractivity contribution in [1.29, 1.82) is 0 Å². The summed E-state index contributed by atoms with van der Waals surface area (Å²) in [7, 11) is 1.95. The largest absolute Gasteiger partial charge is 0.409 e. The smallest absolute Gasteiger partial charge is 0.140 e. The van der Waals surface area contributed by atoms with Gasteiger partial charge in [0, 0.05) is 42.3 Å². The van der Waals surface area contributed by atoms with Crippen molar-refractivity contribution >= 4 is 34.0 Å². The Kier molecular flexibility index (Phi) is 4.06. The van der Waals surface area contributed by atoms with Crippen molar-refractivity contribution in [1.82, 2.24) is 4.98 Å². The molecule has 0 fully saturated rings. The zero-order valence-corrected chi connectivity index (χ0v) is 11.3. The molecule has 6 heteroatoms. The summed E-state index contributed by atoms with van der Waals surface area (Å²) in [5.41, 5.74) is 7.36. The molecule has 0 atom stereocenters. The van der Waals surface area contributed by atoms with Crippen LogP contribution in [0.3, 0.4) is 0 Å². The van der Waals surface area contributed by atoms with E-state index in [0.29, 0.717) is 18.0 Å². The molecule has 2 rings (SSSR count). The van der Waals surface area contributed by atoms with Gasteiger partial charge >= 0.3 is 0 Å². The van der Waals surface area contributed by atoms with E-state index in [-0.39, 0.29) is 5.84 Å². The first-order chi connectivity index (χ1) is 9.11. The zero-order valence-electron chi connectivity index (χ0n) is 10.5. The van der Waals surface area contributed by atoms with E-state index in [0.717, 1.165) is 16.6 Å². The van der Waals surface area contributed by atoms with Crippen LogP contribution in [-0.4, -0.2) is 29.6 Å². The van der Waals surface area contributed by atoms with Crippen LogP contribution >= 0.6 is 11.6 Å². The molecule has 1 aromatic heterocycles. The molecule has 0 radical (unpaired) electrons. The minimum atomic E-state index is 0.216. The van der Waals surface area contributed by atoms with Crippen LogP contribution in [0.5, 0.6) is 0 Å². The standard InChI is InChI=1S/C13H15ClN4O/c1-18(7-5-13(15)17-19)12-4-6-16-11-8-9(14)2-3-10(11)12/h2-4,6,8,19H,5,7H2,1H3,(H2,15,17). The monoisotopic (exact) mass is 278 g/mol. The highest BCUT2D eigenvalue weighted by Gasteiger charge is 2.07. The highest BCUT2D eigenvalue weighted by atomic mass is 35.5. The second-order valence-corrected chi connectivity index (χ2v) is 4.69. The van der Waals surface area contributed by atoms with Gasteiger partial charge in [0.15, 0.2) is 0 Å². The number of pyridine rings is 1. The lowest BCUT2D eigenvalue weighted by atomic mass is 10.1. The molecule has 0 spiro atoms. The fraction of sp³-hybridized carbons (Fsp3) is 0.231. The van der Waals surface area contributed by atoms with Crippen molar-refractivity contribution in [2.24, 2.45) is 10.9 Å². The average molecular weight is 279 g/mol. The molecule has 3 N–H and O–H groups in total. The molecule has 5 nitrogen and oxygen atoms in total. The Labute approximate surface area is 116 Å². The van der Waals surface area contributed by atoms with Gasteiger partial charge in [0.05, 0.1) is 5.52 Å². The number of hydrogen-bond donors (Lipinski definition) is 2. The van der Waals surface area contributed by atoms with Crippen LogP contribution in [-0.2, 0) is 0 Å². The van der Waals surface area contributed by atoms with Crippen molar-refractivity contribution in [2.45, 2.75) is 6.42 Å². The molecular weight excluding hydrogens is 264 g/mol. The number of fused-ring (bicyclic) bond motifs is 1. The second-order valence-electron chi connectivity index (χ2n) is 4.25. The SMILES string of the molecule is CN(CC/C(N)=N/O)c1ccnc2cc(Cl)ccc12. The Bertz CT molecular complexity index is 615. The Balaban J connectivity index is 2.29. The van der Waals surface area contributed by atoms with Gasteiger partial charge in [-0.15, -0.1) is 0 Å². The molecule has 0 unspecified atom stereocenters. The highest BCUT2D eigenvalue weighted by molar-refractivity contribution is 6.31. The number of amidine groups is 1. The average Bonchev–Trinajstić information content (AvgIpc) is 2.43. The van der Waals surface area contributed by atoms with Crippen LogP contribution in [0.25, 0.3) is 10.9 Å². The van der Waals surface area contributed by atoms with Gasteiger partial charge in [-0.1, -0.05) is 16.8 Å². The van der Waals surface area contributed by atoms with Crippen LogP contribution in [0.2, 0.25) is 5.02 Å². The number of halogens is 1. The first kappa shape index (κ1) is 13.4. The summed E-state index contributed by atoms with van der Waals surface area (Å²) in [6.07, 6.45) is 2.23. The van der Waals surface area contributed by atoms with Gasteiger partial charge in [0.1, 0.15) is 5.84 Å². The molecule has 1 heterocycles. The lowest BCUT2D eigenvalue weighted by Gasteiger charge is -2.20. The van der Waals surface area contributed by atoms with Crippen molar-refractivity contribution in [3.8, 4) is 0 Å². The lowest BCUT2D eigenvalue weighted by molar-refractivity contribution is 0.317. The number of rotatable bonds is 4. The Morgan fingerprint density at radius 3 is 3.00 bits per heavy atom. The van der Waals surface area contributed by atoms with Crippen LogP contribution in [0.15, 0.2) is 35.6 Å². The van der Waals surface area contributed by atoms with E-state index in [1.165, 1.54) is 0 Å². The Morgan fingerprint density at radius 1 is 1.47 bits per heavy atom. The summed E-state index contributed by atoms with van der Waals surface area (Å²) in [4.78, 5) is 6.33. The lowest BCUT2D eigenvalue weighted by Crippen LogP contribution is -2.24. The van der Waals surface area contributed by atoms with Gasteiger partial charge in [0.25, 0.3) is 0 Å². The molecule has 2 aromatic rings. The topological polar surface area (TPSA) is 74.7 Å². The summed E-state index contributed by atoms with van der Waals surface area (Å²) < 4.78 is 0. The van der Waals surface area contributed by atoms with Gasteiger partial charge in [-0.3, -0.25) is 4.98 Å². The van der Waals surface area contributed by atoms with E-state index >= 15 is 0 Å². The second kappa shape index (κ2) is 5.75. The van der Waals surface area contributed by atoms with Crippen LogP contribution in [0.1, 0.15) is 6.42 Å². The molecule has 0 amide bonds. The minimum absolute atomic E-state index is 0.216. The number of anilines is 1. The molecule has 1 aromatic carbocycles. The quantitative estimate of drug-likeness (QED) is 0.390.